The smallest absolute Gasteiger partial charge is 0.315 e. The molecule has 1 unspecified atom stereocenters. The Labute approximate surface area is 154 Å². The third kappa shape index (κ3) is 4.46. The molecule has 0 aromatic heterocycles. The van der Waals surface area contributed by atoms with E-state index in [-0.39, 0.29) is 18.0 Å². The van der Waals surface area contributed by atoms with Gasteiger partial charge in [-0.2, -0.15) is 0 Å². The normalized spacial score (nSPS) is 17.6. The van der Waals surface area contributed by atoms with Gasteiger partial charge < -0.3 is 15.5 Å². The van der Waals surface area contributed by atoms with Crippen molar-refractivity contribution in [1.82, 2.24) is 16.1 Å². The zero-order valence-corrected chi connectivity index (χ0v) is 15.1. The second-order valence-corrected chi connectivity index (χ2v) is 7.06. The molecule has 7 heteroatoms. The average Bonchev–Trinajstić information content (AvgIpc) is 3.00. The summed E-state index contributed by atoms with van der Waals surface area (Å²) in [5.41, 5.74) is 5.59. The van der Waals surface area contributed by atoms with Crippen molar-refractivity contribution in [3.63, 3.8) is 0 Å². The first-order valence-corrected chi connectivity index (χ1v) is 9.53. The number of nitrogens with zero attached hydrogens (tertiary/aromatic N) is 1. The molecule has 0 bridgehead atoms. The van der Waals surface area contributed by atoms with E-state index < -0.39 is 0 Å². The number of hydrogen-bond donors (Lipinski definition) is 4. The lowest BCUT2D eigenvalue weighted by Gasteiger charge is -2.26. The van der Waals surface area contributed by atoms with E-state index in [1.165, 1.54) is 23.2 Å². The second kappa shape index (κ2) is 8.89. The Morgan fingerprint density at radius 3 is 2.88 bits per heavy atom. The van der Waals surface area contributed by atoms with Crippen LogP contribution in [0.3, 0.4) is 0 Å². The molecule has 142 valence electrons. The molecule has 1 atom stereocenters. The molecule has 3 rings (SSSR count). The Balaban J connectivity index is 1.36. The average molecular weight is 360 g/mol. The number of carbonyl (C=O) groups is 2. The lowest BCUT2D eigenvalue weighted by molar-refractivity contribution is -0.129. The zero-order chi connectivity index (χ0) is 18.4. The molecule has 0 saturated heterocycles. The largest absolute Gasteiger partial charge is 0.369 e. The van der Waals surface area contributed by atoms with Crippen molar-refractivity contribution < 1.29 is 14.8 Å². The third-order valence-electron chi connectivity index (χ3n) is 5.17. The lowest BCUT2D eigenvalue weighted by Crippen LogP contribution is -2.40. The van der Waals surface area contributed by atoms with E-state index in [9.17, 15) is 9.59 Å². The summed E-state index contributed by atoms with van der Waals surface area (Å²) in [5, 5.41) is 14.4. The highest BCUT2D eigenvalue weighted by atomic mass is 16.5. The molecule has 0 radical (unpaired) electrons. The highest BCUT2D eigenvalue weighted by Gasteiger charge is 2.32. The van der Waals surface area contributed by atoms with Gasteiger partial charge in [-0.05, 0) is 36.8 Å². The summed E-state index contributed by atoms with van der Waals surface area (Å²) in [6.07, 6.45) is 6.12. The molecule has 2 aliphatic heterocycles. The van der Waals surface area contributed by atoms with Crippen LogP contribution in [0.4, 0.5) is 10.5 Å². The summed E-state index contributed by atoms with van der Waals surface area (Å²) in [7, 11) is 0. The standard InChI is InChI=1S/C19H28N4O3/c24-17(22-26)10-3-1-2-4-11-20-19(25)21-16-13-23-12-6-8-14-7-5-9-15(16)18(14)23/h5,7,9,16,26H,1-4,6,8,10-13H2,(H,22,24)(H2,20,21,25). The first kappa shape index (κ1) is 18.5. The Morgan fingerprint density at radius 1 is 1.19 bits per heavy atom. The third-order valence-corrected chi connectivity index (χ3v) is 5.17. The first-order chi connectivity index (χ1) is 12.7. The number of nitrogens with one attached hydrogen (secondary N) is 3. The maximum absolute atomic E-state index is 12.2. The Kier molecular flexibility index (Phi) is 6.33. The van der Waals surface area contributed by atoms with Crippen LogP contribution in [0.25, 0.3) is 0 Å². The van der Waals surface area contributed by atoms with E-state index in [1.54, 1.807) is 5.48 Å². The van der Waals surface area contributed by atoms with E-state index in [0.717, 1.165) is 45.2 Å². The molecule has 1 aromatic carbocycles. The molecule has 4 N–H and O–H groups in total. The minimum Gasteiger partial charge on any atom is -0.369 e. The monoisotopic (exact) mass is 360 g/mol. The van der Waals surface area contributed by atoms with Gasteiger partial charge in [0, 0.05) is 31.7 Å². The van der Waals surface area contributed by atoms with Gasteiger partial charge in [0.15, 0.2) is 0 Å². The highest BCUT2D eigenvalue weighted by molar-refractivity contribution is 5.76. The summed E-state index contributed by atoms with van der Waals surface area (Å²) >= 11 is 0. The number of benzene rings is 1. The van der Waals surface area contributed by atoms with Crippen molar-refractivity contribution in [2.45, 2.75) is 51.0 Å². The number of para-hydroxylation sites is 1. The van der Waals surface area contributed by atoms with Crippen molar-refractivity contribution in [1.29, 1.82) is 0 Å². The van der Waals surface area contributed by atoms with Crippen LogP contribution < -0.4 is 21.0 Å². The van der Waals surface area contributed by atoms with Crippen molar-refractivity contribution in [3.8, 4) is 0 Å². The molecule has 7 nitrogen and oxygen atoms in total. The van der Waals surface area contributed by atoms with E-state index in [4.69, 9.17) is 5.21 Å². The summed E-state index contributed by atoms with van der Waals surface area (Å²) < 4.78 is 0. The fourth-order valence-electron chi connectivity index (χ4n) is 3.91. The second-order valence-electron chi connectivity index (χ2n) is 7.06. The molecule has 0 aliphatic carbocycles. The first-order valence-electron chi connectivity index (χ1n) is 9.53. The number of aryl methyl sites for hydroxylation is 1. The number of amides is 3. The van der Waals surface area contributed by atoms with Crippen LogP contribution in [-0.2, 0) is 11.2 Å². The zero-order valence-electron chi connectivity index (χ0n) is 15.1. The van der Waals surface area contributed by atoms with E-state index in [2.05, 4.69) is 33.7 Å². The number of anilines is 1. The number of unbranched alkanes of at least 4 members (excludes halogenated alkanes) is 3. The molecule has 0 saturated carbocycles. The Morgan fingerprint density at radius 2 is 2.04 bits per heavy atom. The molecular weight excluding hydrogens is 332 g/mol. The van der Waals surface area contributed by atoms with Crippen LogP contribution in [0.1, 0.15) is 55.7 Å². The number of urea groups is 1. The Hall–Kier alpha value is -2.28. The van der Waals surface area contributed by atoms with Gasteiger partial charge in [-0.1, -0.05) is 31.0 Å². The van der Waals surface area contributed by atoms with Crippen molar-refractivity contribution in [2.24, 2.45) is 0 Å². The van der Waals surface area contributed by atoms with Gasteiger partial charge in [-0.25, -0.2) is 10.3 Å². The van der Waals surface area contributed by atoms with Crippen LogP contribution in [0.15, 0.2) is 18.2 Å². The van der Waals surface area contributed by atoms with Crippen LogP contribution in [0, 0.1) is 0 Å². The summed E-state index contributed by atoms with van der Waals surface area (Å²) in [5.74, 6) is -0.347. The predicted molar refractivity (Wildman–Crippen MR) is 99.3 cm³/mol. The van der Waals surface area contributed by atoms with Crippen molar-refractivity contribution in [2.75, 3.05) is 24.5 Å². The molecule has 3 amide bonds. The van der Waals surface area contributed by atoms with Crippen molar-refractivity contribution >= 4 is 17.6 Å². The summed E-state index contributed by atoms with van der Waals surface area (Å²) in [4.78, 5) is 25.5. The topological polar surface area (TPSA) is 93.7 Å². The quantitative estimate of drug-likeness (QED) is 0.325. The minimum absolute atomic E-state index is 0.0556. The highest BCUT2D eigenvalue weighted by Crippen LogP contribution is 2.40. The van der Waals surface area contributed by atoms with E-state index in [1.807, 2.05) is 0 Å². The minimum atomic E-state index is -0.347. The predicted octanol–water partition coefficient (Wildman–Crippen LogP) is 2.25. The molecule has 26 heavy (non-hydrogen) atoms. The number of carbonyl (C=O) groups excluding carboxylic acids is 2. The summed E-state index contributed by atoms with van der Waals surface area (Å²) in [6.45, 7) is 2.55. The van der Waals surface area contributed by atoms with Crippen LogP contribution in [0.2, 0.25) is 0 Å². The van der Waals surface area contributed by atoms with Crippen LogP contribution >= 0.6 is 0 Å². The molecule has 0 spiro atoms. The fraction of sp³-hybridized carbons (Fsp3) is 0.579. The van der Waals surface area contributed by atoms with Gasteiger partial charge in [-0.15, -0.1) is 0 Å². The molecule has 1 aromatic rings. The molecule has 2 aliphatic rings. The van der Waals surface area contributed by atoms with E-state index >= 15 is 0 Å². The van der Waals surface area contributed by atoms with Gasteiger partial charge in [0.05, 0.1) is 6.04 Å². The number of rotatable bonds is 8. The molecule has 2 heterocycles. The molecular formula is C19H28N4O3. The maximum Gasteiger partial charge on any atom is 0.315 e. The lowest BCUT2D eigenvalue weighted by atomic mass is 9.99. The molecule has 0 fully saturated rings. The van der Waals surface area contributed by atoms with Gasteiger partial charge in [-0.3, -0.25) is 10.0 Å². The fourth-order valence-corrected chi connectivity index (χ4v) is 3.91. The summed E-state index contributed by atoms with van der Waals surface area (Å²) in [6, 6.07) is 6.34. The van der Waals surface area contributed by atoms with Crippen molar-refractivity contribution in [3.05, 3.63) is 29.3 Å². The SMILES string of the molecule is O=C(CCCCCCNC(=O)NC1CN2CCCc3cccc1c32)NO. The van der Waals surface area contributed by atoms with Crippen LogP contribution in [0.5, 0.6) is 0 Å². The van der Waals surface area contributed by atoms with Gasteiger partial charge in [0.25, 0.3) is 0 Å². The van der Waals surface area contributed by atoms with Gasteiger partial charge in [0.2, 0.25) is 5.91 Å². The van der Waals surface area contributed by atoms with Crippen LogP contribution in [-0.4, -0.2) is 36.8 Å². The van der Waals surface area contributed by atoms with Gasteiger partial charge in [0.1, 0.15) is 0 Å². The number of hydrogen-bond acceptors (Lipinski definition) is 4. The van der Waals surface area contributed by atoms with E-state index in [0.29, 0.717) is 13.0 Å². The number of hydroxylamine groups is 1. The Bertz CT molecular complexity index is 650. The van der Waals surface area contributed by atoms with Gasteiger partial charge >= 0.3 is 6.03 Å². The maximum atomic E-state index is 12.2.